The Morgan fingerprint density at radius 1 is 0.867 bits per heavy atom. The number of pyridine rings is 1. The van der Waals surface area contributed by atoms with Gasteiger partial charge in [0.1, 0.15) is 5.75 Å². The third-order valence-electron chi connectivity index (χ3n) is 4.52. The van der Waals surface area contributed by atoms with Crippen LogP contribution in [0.4, 0.5) is 0 Å². The van der Waals surface area contributed by atoms with E-state index < -0.39 is 5.97 Å². The zero-order valence-corrected chi connectivity index (χ0v) is 17.6. The monoisotopic (exact) mass is 419 g/mol. The number of carboxylic acid groups (broad SMARTS) is 1. The van der Waals surface area contributed by atoms with Crippen LogP contribution in [0, 0.1) is 0 Å². The summed E-state index contributed by atoms with van der Waals surface area (Å²) in [5.41, 5.74) is 1.75. The minimum absolute atomic E-state index is 0.157. The quantitative estimate of drug-likeness (QED) is 0.351. The second-order valence-electron chi connectivity index (χ2n) is 7.04. The summed E-state index contributed by atoms with van der Waals surface area (Å²) in [5, 5.41) is 15.3. The molecule has 0 fully saturated rings. The second kappa shape index (κ2) is 15.4. The van der Waals surface area contributed by atoms with Crippen LogP contribution in [0.3, 0.4) is 0 Å². The minimum Gasteiger partial charge on any atom is -0.492 e. The molecule has 2 aromatic rings. The third kappa shape index (κ3) is 10.9. The van der Waals surface area contributed by atoms with Crippen molar-refractivity contribution < 1.29 is 24.1 Å². The smallest absolute Gasteiger partial charge is 0.303 e. The van der Waals surface area contributed by atoms with Crippen LogP contribution in [0.15, 0.2) is 30.6 Å². The van der Waals surface area contributed by atoms with Crippen molar-refractivity contribution in [3.8, 4) is 17.1 Å². The van der Waals surface area contributed by atoms with Crippen LogP contribution in [-0.2, 0) is 14.3 Å². The van der Waals surface area contributed by atoms with E-state index in [2.05, 4.69) is 15.2 Å². The molecule has 8 nitrogen and oxygen atoms in total. The standard InChI is InChI=1S/C22H33N3O5/c26-22(27)8-7-14-29-17-16-28-13-5-3-1-2-4-6-15-30-19-9-10-20(23-18-19)21-11-12-24-25-21/h9-12,18H,1-8,13-17H2,(H,24,25)(H,26,27). The molecule has 2 heterocycles. The molecule has 30 heavy (non-hydrogen) atoms. The van der Waals surface area contributed by atoms with E-state index in [1.165, 1.54) is 19.3 Å². The Hall–Kier alpha value is -2.45. The lowest BCUT2D eigenvalue weighted by atomic mass is 10.1. The third-order valence-corrected chi connectivity index (χ3v) is 4.52. The molecule has 0 unspecified atom stereocenters. The summed E-state index contributed by atoms with van der Waals surface area (Å²) in [6, 6.07) is 5.75. The maximum atomic E-state index is 10.3. The molecule has 8 heteroatoms. The summed E-state index contributed by atoms with van der Waals surface area (Å²) < 4.78 is 16.6. The molecule has 0 atom stereocenters. The molecule has 0 saturated heterocycles. The largest absolute Gasteiger partial charge is 0.492 e. The normalized spacial score (nSPS) is 10.9. The Bertz CT molecular complexity index is 677. The fourth-order valence-corrected chi connectivity index (χ4v) is 2.87. The number of aromatic amines is 1. The Kier molecular flexibility index (Phi) is 12.2. The highest BCUT2D eigenvalue weighted by Crippen LogP contribution is 2.17. The molecule has 0 saturated carbocycles. The molecule has 166 valence electrons. The van der Waals surface area contributed by atoms with Crippen LogP contribution in [-0.4, -0.2) is 59.3 Å². The molecule has 2 N–H and O–H groups in total. The van der Waals surface area contributed by atoms with Crippen LogP contribution in [0.2, 0.25) is 0 Å². The van der Waals surface area contributed by atoms with Gasteiger partial charge < -0.3 is 19.3 Å². The van der Waals surface area contributed by atoms with Gasteiger partial charge in [0.05, 0.1) is 37.4 Å². The van der Waals surface area contributed by atoms with E-state index in [0.29, 0.717) is 32.8 Å². The first-order valence-electron chi connectivity index (χ1n) is 10.7. The first-order valence-corrected chi connectivity index (χ1v) is 10.7. The van der Waals surface area contributed by atoms with E-state index in [-0.39, 0.29) is 6.42 Å². The predicted molar refractivity (Wildman–Crippen MR) is 114 cm³/mol. The van der Waals surface area contributed by atoms with Crippen molar-refractivity contribution in [1.82, 2.24) is 15.2 Å². The number of carbonyl (C=O) groups is 1. The van der Waals surface area contributed by atoms with E-state index in [1.54, 1.807) is 12.4 Å². The van der Waals surface area contributed by atoms with Crippen molar-refractivity contribution in [2.24, 2.45) is 0 Å². The van der Waals surface area contributed by atoms with Gasteiger partial charge in [0.25, 0.3) is 0 Å². The number of ether oxygens (including phenoxy) is 3. The highest BCUT2D eigenvalue weighted by atomic mass is 16.5. The number of aliphatic carboxylic acids is 1. The van der Waals surface area contributed by atoms with Gasteiger partial charge in [-0.2, -0.15) is 5.10 Å². The second-order valence-corrected chi connectivity index (χ2v) is 7.04. The maximum absolute atomic E-state index is 10.3. The predicted octanol–water partition coefficient (Wildman–Crippen LogP) is 4.09. The SMILES string of the molecule is O=C(O)CCCOCCOCCCCCCCCOc1ccc(-c2ccn[nH]2)nc1. The highest BCUT2D eigenvalue weighted by Gasteiger charge is 2.01. The van der Waals surface area contributed by atoms with Gasteiger partial charge >= 0.3 is 5.97 Å². The number of unbranched alkanes of at least 4 members (excludes halogenated alkanes) is 5. The Morgan fingerprint density at radius 3 is 2.20 bits per heavy atom. The lowest BCUT2D eigenvalue weighted by Gasteiger charge is -2.07. The molecule has 0 aliphatic rings. The summed E-state index contributed by atoms with van der Waals surface area (Å²) in [6.45, 7) is 3.04. The number of rotatable bonds is 18. The van der Waals surface area contributed by atoms with Crippen molar-refractivity contribution in [2.45, 2.75) is 51.4 Å². The fourth-order valence-electron chi connectivity index (χ4n) is 2.87. The fraction of sp³-hybridized carbons (Fsp3) is 0.591. The molecule has 0 amide bonds. The molecule has 0 aliphatic heterocycles. The van der Waals surface area contributed by atoms with Gasteiger partial charge in [0.15, 0.2) is 0 Å². The van der Waals surface area contributed by atoms with Gasteiger partial charge in [-0.1, -0.05) is 25.7 Å². The minimum atomic E-state index is -0.781. The summed E-state index contributed by atoms with van der Waals surface area (Å²) in [4.78, 5) is 14.7. The zero-order valence-electron chi connectivity index (χ0n) is 17.6. The van der Waals surface area contributed by atoms with Gasteiger partial charge in [-0.3, -0.25) is 14.9 Å². The molecule has 0 aromatic carbocycles. The summed E-state index contributed by atoms with van der Waals surface area (Å²) in [7, 11) is 0. The van der Waals surface area contributed by atoms with Gasteiger partial charge in [0.2, 0.25) is 0 Å². The van der Waals surface area contributed by atoms with Gasteiger partial charge in [0, 0.05) is 25.8 Å². The van der Waals surface area contributed by atoms with Crippen molar-refractivity contribution in [3.63, 3.8) is 0 Å². The van der Waals surface area contributed by atoms with Crippen LogP contribution < -0.4 is 4.74 Å². The number of nitrogens with zero attached hydrogens (tertiary/aromatic N) is 2. The van der Waals surface area contributed by atoms with Crippen LogP contribution in [0.5, 0.6) is 5.75 Å². The van der Waals surface area contributed by atoms with Gasteiger partial charge in [-0.15, -0.1) is 0 Å². The summed E-state index contributed by atoms with van der Waals surface area (Å²) >= 11 is 0. The van der Waals surface area contributed by atoms with Crippen molar-refractivity contribution in [2.75, 3.05) is 33.0 Å². The van der Waals surface area contributed by atoms with Gasteiger partial charge in [-0.25, -0.2) is 0 Å². The van der Waals surface area contributed by atoms with Crippen molar-refractivity contribution in [3.05, 3.63) is 30.6 Å². The van der Waals surface area contributed by atoms with Crippen LogP contribution in [0.1, 0.15) is 51.4 Å². The molecule has 0 aliphatic carbocycles. The van der Waals surface area contributed by atoms with E-state index in [4.69, 9.17) is 19.3 Å². The topological polar surface area (TPSA) is 107 Å². The molecule has 0 radical (unpaired) electrons. The lowest BCUT2D eigenvalue weighted by molar-refractivity contribution is -0.137. The number of nitrogens with one attached hydrogen (secondary N) is 1. The van der Waals surface area contributed by atoms with E-state index in [1.807, 2.05) is 18.2 Å². The molecule has 0 spiro atoms. The first-order chi connectivity index (χ1) is 14.8. The van der Waals surface area contributed by atoms with E-state index in [0.717, 1.165) is 43.0 Å². The maximum Gasteiger partial charge on any atom is 0.303 e. The number of H-pyrrole nitrogens is 1. The highest BCUT2D eigenvalue weighted by molar-refractivity contribution is 5.66. The van der Waals surface area contributed by atoms with Gasteiger partial charge in [-0.05, 0) is 37.5 Å². The molecular formula is C22H33N3O5. The summed E-state index contributed by atoms with van der Waals surface area (Å²) in [5.74, 6) is 0.0115. The van der Waals surface area contributed by atoms with Crippen LogP contribution in [0.25, 0.3) is 11.4 Å². The molecule has 0 bridgehead atoms. The van der Waals surface area contributed by atoms with E-state index in [9.17, 15) is 4.79 Å². The Labute approximate surface area is 178 Å². The Morgan fingerprint density at radius 2 is 1.57 bits per heavy atom. The number of hydrogen-bond acceptors (Lipinski definition) is 6. The zero-order chi connectivity index (χ0) is 21.3. The number of aromatic nitrogens is 3. The van der Waals surface area contributed by atoms with Crippen molar-refractivity contribution in [1.29, 1.82) is 0 Å². The molecular weight excluding hydrogens is 386 g/mol. The number of carboxylic acids is 1. The lowest BCUT2D eigenvalue weighted by Crippen LogP contribution is -2.07. The van der Waals surface area contributed by atoms with Crippen molar-refractivity contribution >= 4 is 5.97 Å². The average Bonchev–Trinajstić information content (AvgIpc) is 3.28. The molecule has 2 aromatic heterocycles. The average molecular weight is 420 g/mol. The first kappa shape index (κ1) is 23.8. The van der Waals surface area contributed by atoms with E-state index >= 15 is 0 Å². The molecule has 2 rings (SSSR count). The Balaban J connectivity index is 1.33. The number of hydrogen-bond donors (Lipinski definition) is 2. The summed E-state index contributed by atoms with van der Waals surface area (Å²) in [6.07, 6.45) is 11.0. The van der Waals surface area contributed by atoms with Crippen LogP contribution >= 0.6 is 0 Å².